The summed E-state index contributed by atoms with van der Waals surface area (Å²) in [4.78, 5) is 10.6. The Bertz CT molecular complexity index is 1140. The van der Waals surface area contributed by atoms with Gasteiger partial charge in [0.25, 0.3) is 0 Å². The monoisotopic (exact) mass is 359 g/mol. The average molecular weight is 359 g/mol. The van der Waals surface area contributed by atoms with Crippen LogP contribution in [0.4, 0.5) is 0 Å². The predicted octanol–water partition coefficient (Wildman–Crippen LogP) is 5.85. The van der Waals surface area contributed by atoms with Gasteiger partial charge in [-0.2, -0.15) is 0 Å². The molecule has 0 aliphatic rings. The minimum atomic E-state index is 0.991. The molecule has 0 bridgehead atoms. The number of nitrogens with zero attached hydrogens (tertiary/aromatic N) is 3. The van der Waals surface area contributed by atoms with Crippen molar-refractivity contribution in [2.75, 3.05) is 0 Å². The number of fused-ring (bicyclic) bond motifs is 1. The maximum atomic E-state index is 4.83. The smallest absolute Gasteiger partial charge is 0.194 e. The van der Waals surface area contributed by atoms with E-state index in [0.29, 0.717) is 0 Å². The van der Waals surface area contributed by atoms with Gasteiger partial charge in [0, 0.05) is 28.1 Å². The molecule has 0 aliphatic heterocycles. The fraction of sp³-hybridized carbons (Fsp3) is 0. The van der Waals surface area contributed by atoms with E-state index in [9.17, 15) is 0 Å². The van der Waals surface area contributed by atoms with Gasteiger partial charge in [0.15, 0.2) is 4.96 Å². The third-order valence-corrected chi connectivity index (χ3v) is 5.78. The highest BCUT2D eigenvalue weighted by molar-refractivity contribution is 7.16. The molecule has 0 aliphatic carbocycles. The minimum Gasteiger partial charge on any atom is -0.287 e. The Kier molecular flexibility index (Phi) is 3.47. The Morgan fingerprint density at radius 1 is 0.680 bits per heavy atom. The van der Waals surface area contributed by atoms with Crippen LogP contribution in [0.2, 0.25) is 0 Å². The second-order valence-corrected chi connectivity index (χ2v) is 7.36. The van der Waals surface area contributed by atoms with Crippen molar-refractivity contribution >= 4 is 27.6 Å². The van der Waals surface area contributed by atoms with E-state index in [1.54, 1.807) is 22.7 Å². The van der Waals surface area contributed by atoms with Crippen LogP contribution in [0.15, 0.2) is 77.6 Å². The van der Waals surface area contributed by atoms with Crippen molar-refractivity contribution in [1.29, 1.82) is 0 Å². The molecule has 3 nitrogen and oxygen atoms in total. The molecular weight excluding hydrogens is 346 g/mol. The van der Waals surface area contributed by atoms with E-state index < -0.39 is 0 Å². The topological polar surface area (TPSA) is 30.2 Å². The van der Waals surface area contributed by atoms with Gasteiger partial charge in [-0.15, -0.1) is 22.7 Å². The Balaban J connectivity index is 1.58. The second-order valence-electron chi connectivity index (χ2n) is 5.67. The van der Waals surface area contributed by atoms with Gasteiger partial charge in [-0.05, 0) is 0 Å². The van der Waals surface area contributed by atoms with Crippen molar-refractivity contribution in [1.82, 2.24) is 14.4 Å². The molecule has 0 atom stereocenters. The highest BCUT2D eigenvalue weighted by Gasteiger charge is 2.14. The zero-order valence-electron chi connectivity index (χ0n) is 13.2. The lowest BCUT2D eigenvalue weighted by molar-refractivity contribution is 1.22. The molecule has 3 aromatic heterocycles. The summed E-state index contributed by atoms with van der Waals surface area (Å²) < 4.78 is 2.14. The Morgan fingerprint density at radius 3 is 2.08 bits per heavy atom. The summed E-state index contributed by atoms with van der Waals surface area (Å²) in [6.45, 7) is 0. The lowest BCUT2D eigenvalue weighted by Crippen LogP contribution is -1.83. The van der Waals surface area contributed by atoms with E-state index in [0.717, 1.165) is 38.2 Å². The number of aromatic nitrogens is 3. The number of thiazole rings is 2. The molecule has 0 saturated carbocycles. The van der Waals surface area contributed by atoms with Crippen LogP contribution in [-0.4, -0.2) is 14.4 Å². The Morgan fingerprint density at radius 2 is 1.36 bits per heavy atom. The maximum Gasteiger partial charge on any atom is 0.194 e. The van der Waals surface area contributed by atoms with Crippen molar-refractivity contribution in [3.63, 3.8) is 0 Å². The van der Waals surface area contributed by atoms with Crippen molar-refractivity contribution < 1.29 is 0 Å². The van der Waals surface area contributed by atoms with Gasteiger partial charge in [0.1, 0.15) is 5.01 Å². The molecule has 25 heavy (non-hydrogen) atoms. The summed E-state index contributed by atoms with van der Waals surface area (Å²) in [6, 6.07) is 20.6. The zero-order valence-corrected chi connectivity index (χ0v) is 14.8. The summed E-state index contributed by atoms with van der Waals surface area (Å²) in [5, 5.41) is 5.26. The maximum absolute atomic E-state index is 4.83. The number of hydrogen-bond acceptors (Lipinski definition) is 4. The zero-order chi connectivity index (χ0) is 16.6. The van der Waals surface area contributed by atoms with Gasteiger partial charge in [0.2, 0.25) is 0 Å². The molecule has 0 spiro atoms. The molecule has 5 rings (SSSR count). The first-order valence-electron chi connectivity index (χ1n) is 7.92. The molecule has 5 aromatic rings. The molecule has 0 saturated heterocycles. The highest BCUT2D eigenvalue weighted by Crippen LogP contribution is 2.33. The minimum absolute atomic E-state index is 0.991. The second kappa shape index (κ2) is 5.95. The number of imidazole rings is 1. The molecule has 0 unspecified atom stereocenters. The van der Waals surface area contributed by atoms with E-state index in [1.165, 1.54) is 0 Å². The van der Waals surface area contributed by atoms with Crippen LogP contribution in [0.5, 0.6) is 0 Å². The van der Waals surface area contributed by atoms with E-state index in [4.69, 9.17) is 9.97 Å². The van der Waals surface area contributed by atoms with E-state index in [-0.39, 0.29) is 0 Å². The predicted molar refractivity (Wildman–Crippen MR) is 105 cm³/mol. The molecule has 0 radical (unpaired) electrons. The molecule has 2 aromatic carbocycles. The van der Waals surface area contributed by atoms with Gasteiger partial charge < -0.3 is 0 Å². The summed E-state index contributed by atoms with van der Waals surface area (Å²) in [5.74, 6) is 0. The average Bonchev–Trinajstić information content (AvgIpc) is 3.38. The largest absolute Gasteiger partial charge is 0.287 e. The number of hydrogen-bond donors (Lipinski definition) is 0. The first-order chi connectivity index (χ1) is 12.4. The lowest BCUT2D eigenvalue weighted by atomic mass is 10.2. The SMILES string of the molecule is c1ccc(-c2csc(-c3csc4nc(-c5ccccc5)cn34)n2)cc1. The van der Waals surface area contributed by atoms with Crippen molar-refractivity contribution in [2.45, 2.75) is 0 Å². The van der Waals surface area contributed by atoms with Crippen molar-refractivity contribution in [3.05, 3.63) is 77.6 Å². The van der Waals surface area contributed by atoms with Crippen molar-refractivity contribution in [3.8, 4) is 33.2 Å². The fourth-order valence-corrected chi connectivity index (χ4v) is 4.59. The van der Waals surface area contributed by atoms with Crippen LogP contribution in [0.3, 0.4) is 0 Å². The molecule has 0 amide bonds. The summed E-state index contributed by atoms with van der Waals surface area (Å²) in [7, 11) is 0. The Labute approximate surface area is 152 Å². The van der Waals surface area contributed by atoms with Crippen molar-refractivity contribution in [2.24, 2.45) is 0 Å². The molecule has 120 valence electrons. The summed E-state index contributed by atoms with van der Waals surface area (Å²) in [6.07, 6.45) is 2.10. The van der Waals surface area contributed by atoms with Crippen LogP contribution >= 0.6 is 22.7 Å². The van der Waals surface area contributed by atoms with E-state index >= 15 is 0 Å². The normalized spacial score (nSPS) is 11.2. The van der Waals surface area contributed by atoms with Crippen LogP contribution in [0.1, 0.15) is 0 Å². The molecule has 0 fully saturated rings. The van der Waals surface area contributed by atoms with Crippen LogP contribution in [-0.2, 0) is 0 Å². The molecule has 5 heteroatoms. The number of rotatable bonds is 3. The van der Waals surface area contributed by atoms with Gasteiger partial charge >= 0.3 is 0 Å². The lowest BCUT2D eigenvalue weighted by Gasteiger charge is -1.96. The third-order valence-electron chi connectivity index (χ3n) is 4.07. The van der Waals surface area contributed by atoms with E-state index in [1.807, 2.05) is 36.4 Å². The Hall–Kier alpha value is -2.76. The van der Waals surface area contributed by atoms with Gasteiger partial charge in [-0.25, -0.2) is 9.97 Å². The molecular formula is C20H13N3S2. The summed E-state index contributed by atoms with van der Waals surface area (Å²) in [5.41, 5.74) is 5.39. The van der Waals surface area contributed by atoms with Gasteiger partial charge in [-0.3, -0.25) is 4.40 Å². The highest BCUT2D eigenvalue weighted by atomic mass is 32.1. The fourth-order valence-electron chi connectivity index (χ4n) is 2.82. The van der Waals surface area contributed by atoms with Crippen LogP contribution in [0, 0.1) is 0 Å². The summed E-state index contributed by atoms with van der Waals surface area (Å²) >= 11 is 3.32. The van der Waals surface area contributed by atoms with Crippen LogP contribution in [0.25, 0.3) is 38.2 Å². The quantitative estimate of drug-likeness (QED) is 0.404. The standard InChI is InChI=1S/C20H13N3S2/c1-3-7-14(8-4-1)16-11-23-18(13-25-20(23)22-16)19-21-17(12-24-19)15-9-5-2-6-10-15/h1-13H. The molecule has 0 N–H and O–H groups in total. The first-order valence-corrected chi connectivity index (χ1v) is 9.68. The van der Waals surface area contributed by atoms with E-state index in [2.05, 4.69) is 45.6 Å². The third kappa shape index (κ3) is 2.58. The van der Waals surface area contributed by atoms with Crippen LogP contribution < -0.4 is 0 Å². The number of benzene rings is 2. The molecule has 3 heterocycles. The van der Waals surface area contributed by atoms with Gasteiger partial charge in [-0.1, -0.05) is 60.7 Å². The van der Waals surface area contributed by atoms with Gasteiger partial charge in [0.05, 0.1) is 17.1 Å². The first kappa shape index (κ1) is 14.6.